The molecule has 0 aliphatic heterocycles. The van der Waals surface area contributed by atoms with Crippen LogP contribution in [0.3, 0.4) is 0 Å². The quantitative estimate of drug-likeness (QED) is 0.223. The van der Waals surface area contributed by atoms with E-state index in [9.17, 15) is 0 Å². The molecule has 1 aromatic carbocycles. The van der Waals surface area contributed by atoms with Gasteiger partial charge < -0.3 is 15.2 Å². The van der Waals surface area contributed by atoms with Crippen LogP contribution in [-0.2, 0) is 25.9 Å². The normalized spacial score (nSPS) is 12.3. The van der Waals surface area contributed by atoms with E-state index in [0.717, 1.165) is 44.1 Å². The van der Waals surface area contributed by atoms with Crippen molar-refractivity contribution in [3.63, 3.8) is 0 Å². The van der Waals surface area contributed by atoms with Crippen molar-refractivity contribution in [3.05, 3.63) is 76.5 Å². The predicted molar refractivity (Wildman–Crippen MR) is 138 cm³/mol. The van der Waals surface area contributed by atoms with Crippen molar-refractivity contribution in [2.24, 2.45) is 10.9 Å². The van der Waals surface area contributed by atoms with Crippen LogP contribution >= 0.6 is 35.3 Å². The summed E-state index contributed by atoms with van der Waals surface area (Å²) >= 11 is 1.82. The molecule has 30 heavy (non-hydrogen) atoms. The Bertz CT molecular complexity index is 861. The van der Waals surface area contributed by atoms with Gasteiger partial charge in [-0.15, -0.1) is 35.3 Å². The third-order valence-electron chi connectivity index (χ3n) is 4.89. The number of aliphatic imine (C=N–C) groups is 1. The standard InChI is InChI=1S/C23H31N5S.HI/c1-19(16-21-11-7-15-29-21)17-26-23(24-2)27-18-22-25-12-14-28(22)13-6-10-20-8-4-3-5-9-20;/h3-5,7-9,11-12,14-15,19H,6,10,13,16-18H2,1-2H3,(H2,24,26,27);1H. The Morgan fingerprint density at radius 2 is 2.00 bits per heavy atom. The lowest BCUT2D eigenvalue weighted by atomic mass is 10.1. The fraction of sp³-hybridized carbons (Fsp3) is 0.391. The van der Waals surface area contributed by atoms with Crippen LogP contribution in [0.5, 0.6) is 0 Å². The molecule has 1 unspecified atom stereocenters. The summed E-state index contributed by atoms with van der Waals surface area (Å²) in [4.78, 5) is 10.3. The molecule has 3 rings (SSSR count). The highest BCUT2D eigenvalue weighted by Crippen LogP contribution is 2.13. The maximum absolute atomic E-state index is 4.51. The molecule has 0 saturated heterocycles. The number of guanidine groups is 1. The van der Waals surface area contributed by atoms with Crippen molar-refractivity contribution in [1.82, 2.24) is 20.2 Å². The Morgan fingerprint density at radius 3 is 2.73 bits per heavy atom. The zero-order valence-corrected chi connectivity index (χ0v) is 20.9. The molecule has 0 spiro atoms. The van der Waals surface area contributed by atoms with Gasteiger partial charge in [0.05, 0.1) is 6.54 Å². The number of nitrogens with one attached hydrogen (secondary N) is 2. The molecular weight excluding hydrogens is 505 g/mol. The van der Waals surface area contributed by atoms with Gasteiger partial charge in [0.2, 0.25) is 0 Å². The van der Waals surface area contributed by atoms with Crippen LogP contribution in [0.25, 0.3) is 0 Å². The summed E-state index contributed by atoms with van der Waals surface area (Å²) in [6, 6.07) is 14.9. The predicted octanol–water partition coefficient (Wildman–Crippen LogP) is 4.74. The monoisotopic (exact) mass is 537 g/mol. The van der Waals surface area contributed by atoms with Crippen molar-refractivity contribution in [1.29, 1.82) is 0 Å². The van der Waals surface area contributed by atoms with Gasteiger partial charge in [-0.3, -0.25) is 4.99 Å². The fourth-order valence-corrected chi connectivity index (χ4v) is 4.18. The molecule has 5 nitrogen and oxygen atoms in total. The van der Waals surface area contributed by atoms with E-state index in [-0.39, 0.29) is 24.0 Å². The van der Waals surface area contributed by atoms with Crippen LogP contribution in [0.2, 0.25) is 0 Å². The highest BCUT2D eigenvalue weighted by Gasteiger charge is 2.08. The largest absolute Gasteiger partial charge is 0.356 e. The lowest BCUT2D eigenvalue weighted by Crippen LogP contribution is -2.39. The van der Waals surface area contributed by atoms with Gasteiger partial charge in [-0.25, -0.2) is 4.98 Å². The average Bonchev–Trinajstić information content (AvgIpc) is 3.41. The highest BCUT2D eigenvalue weighted by atomic mass is 127. The first-order valence-corrected chi connectivity index (χ1v) is 11.1. The van der Waals surface area contributed by atoms with Gasteiger partial charge in [0.25, 0.3) is 0 Å². The maximum atomic E-state index is 4.51. The third kappa shape index (κ3) is 8.10. The molecule has 2 aromatic heterocycles. The average molecular weight is 538 g/mol. The summed E-state index contributed by atoms with van der Waals surface area (Å²) < 4.78 is 2.22. The first-order chi connectivity index (χ1) is 14.2. The van der Waals surface area contributed by atoms with Crippen molar-refractivity contribution in [3.8, 4) is 0 Å². The molecule has 0 amide bonds. The SMILES string of the molecule is CN=C(NCc1nccn1CCCc1ccccc1)NCC(C)Cc1cccs1.I. The van der Waals surface area contributed by atoms with Gasteiger partial charge in [-0.05, 0) is 42.2 Å². The molecule has 0 aliphatic rings. The van der Waals surface area contributed by atoms with Crippen LogP contribution in [0, 0.1) is 5.92 Å². The molecule has 0 aliphatic carbocycles. The number of hydrogen-bond acceptors (Lipinski definition) is 3. The first kappa shape index (κ1) is 24.4. The summed E-state index contributed by atoms with van der Waals surface area (Å²) in [5.41, 5.74) is 1.38. The number of rotatable bonds is 10. The molecular formula is C23H32IN5S. The number of aromatic nitrogens is 2. The van der Waals surface area contributed by atoms with Crippen molar-refractivity contribution in [2.45, 2.75) is 39.3 Å². The van der Waals surface area contributed by atoms with Gasteiger partial charge >= 0.3 is 0 Å². The molecule has 7 heteroatoms. The summed E-state index contributed by atoms with van der Waals surface area (Å²) in [5.74, 6) is 2.40. The summed E-state index contributed by atoms with van der Waals surface area (Å²) in [7, 11) is 1.81. The number of imidazole rings is 1. The van der Waals surface area contributed by atoms with E-state index >= 15 is 0 Å². The lowest BCUT2D eigenvalue weighted by molar-refractivity contribution is 0.558. The van der Waals surface area contributed by atoms with Crippen LogP contribution < -0.4 is 10.6 Å². The smallest absolute Gasteiger partial charge is 0.191 e. The minimum absolute atomic E-state index is 0. The molecule has 162 valence electrons. The van der Waals surface area contributed by atoms with Crippen LogP contribution in [0.1, 0.15) is 29.6 Å². The van der Waals surface area contributed by atoms with Gasteiger partial charge in [-0.2, -0.15) is 0 Å². The zero-order valence-electron chi connectivity index (χ0n) is 17.8. The molecule has 2 N–H and O–H groups in total. The summed E-state index contributed by atoms with van der Waals surface area (Å²) in [5, 5.41) is 8.96. The molecule has 2 heterocycles. The van der Waals surface area contributed by atoms with E-state index < -0.39 is 0 Å². The Kier molecular flexibility index (Phi) is 10.9. The van der Waals surface area contributed by atoms with E-state index in [1.54, 1.807) is 0 Å². The topological polar surface area (TPSA) is 54.2 Å². The number of nitrogens with zero attached hydrogens (tertiary/aromatic N) is 3. The molecule has 1 atom stereocenters. The van der Waals surface area contributed by atoms with Gasteiger partial charge in [-0.1, -0.05) is 43.3 Å². The van der Waals surface area contributed by atoms with Crippen LogP contribution in [0.4, 0.5) is 0 Å². The fourth-order valence-electron chi connectivity index (χ4n) is 3.31. The number of benzene rings is 1. The van der Waals surface area contributed by atoms with Gasteiger partial charge in [0, 0.05) is 37.4 Å². The molecule has 0 radical (unpaired) electrons. The van der Waals surface area contributed by atoms with E-state index in [4.69, 9.17) is 0 Å². The Labute approximate surface area is 201 Å². The van der Waals surface area contributed by atoms with Crippen LogP contribution in [0.15, 0.2) is 65.2 Å². The maximum Gasteiger partial charge on any atom is 0.191 e. The molecule has 3 aromatic rings. The lowest BCUT2D eigenvalue weighted by Gasteiger charge is -2.16. The minimum Gasteiger partial charge on any atom is -0.356 e. The Balaban J connectivity index is 0.00000320. The van der Waals surface area contributed by atoms with Gasteiger partial charge in [0.15, 0.2) is 5.96 Å². The second kappa shape index (κ2) is 13.4. The number of hydrogen-bond donors (Lipinski definition) is 2. The summed E-state index contributed by atoms with van der Waals surface area (Å²) in [6.07, 6.45) is 7.20. The highest BCUT2D eigenvalue weighted by molar-refractivity contribution is 14.0. The van der Waals surface area contributed by atoms with E-state index in [1.165, 1.54) is 10.4 Å². The Morgan fingerprint density at radius 1 is 1.17 bits per heavy atom. The first-order valence-electron chi connectivity index (χ1n) is 10.3. The zero-order chi connectivity index (χ0) is 20.3. The second-order valence-electron chi connectivity index (χ2n) is 7.32. The molecule has 0 saturated carbocycles. The summed E-state index contributed by atoms with van der Waals surface area (Å²) in [6.45, 7) is 4.79. The molecule has 0 bridgehead atoms. The Hall–Kier alpha value is -1.87. The number of aryl methyl sites for hydroxylation is 2. The number of halogens is 1. The van der Waals surface area contributed by atoms with Crippen molar-refractivity contribution < 1.29 is 0 Å². The van der Waals surface area contributed by atoms with Crippen molar-refractivity contribution >= 4 is 41.3 Å². The molecule has 0 fully saturated rings. The van der Waals surface area contributed by atoms with Crippen molar-refractivity contribution in [2.75, 3.05) is 13.6 Å². The van der Waals surface area contributed by atoms with E-state index in [2.05, 4.69) is 86.1 Å². The van der Waals surface area contributed by atoms with E-state index in [1.807, 2.05) is 24.6 Å². The van der Waals surface area contributed by atoms with Gasteiger partial charge in [0.1, 0.15) is 5.82 Å². The van der Waals surface area contributed by atoms with Crippen LogP contribution in [-0.4, -0.2) is 29.1 Å². The minimum atomic E-state index is 0. The third-order valence-corrected chi connectivity index (χ3v) is 5.79. The number of thiophene rings is 1. The van der Waals surface area contributed by atoms with E-state index in [0.29, 0.717) is 12.5 Å². The second-order valence-corrected chi connectivity index (χ2v) is 8.35.